The van der Waals surface area contributed by atoms with Gasteiger partial charge in [-0.25, -0.2) is 0 Å². The SMILES string of the molecule is CN(C)C[C@@H]1C[C@@H](CCCB(O)O)CN1. The Morgan fingerprint density at radius 3 is 2.73 bits per heavy atom. The molecule has 0 spiro atoms. The van der Waals surface area contributed by atoms with E-state index in [2.05, 4.69) is 24.3 Å². The van der Waals surface area contributed by atoms with E-state index in [1.807, 2.05) is 0 Å². The Bertz CT molecular complexity index is 179. The molecule has 2 atom stereocenters. The Labute approximate surface area is 92.8 Å². The van der Waals surface area contributed by atoms with Crippen molar-refractivity contribution in [2.75, 3.05) is 27.2 Å². The van der Waals surface area contributed by atoms with E-state index >= 15 is 0 Å². The molecule has 0 saturated carbocycles. The van der Waals surface area contributed by atoms with Crippen LogP contribution < -0.4 is 5.32 Å². The van der Waals surface area contributed by atoms with Gasteiger partial charge in [-0.2, -0.15) is 0 Å². The van der Waals surface area contributed by atoms with E-state index in [9.17, 15) is 0 Å². The van der Waals surface area contributed by atoms with Crippen LogP contribution in [0, 0.1) is 5.92 Å². The van der Waals surface area contributed by atoms with Crippen molar-refractivity contribution in [2.24, 2.45) is 5.92 Å². The highest BCUT2D eigenvalue weighted by molar-refractivity contribution is 6.40. The molecule has 0 amide bonds. The van der Waals surface area contributed by atoms with Crippen LogP contribution in [0.3, 0.4) is 0 Å². The molecule has 0 aromatic carbocycles. The minimum absolute atomic E-state index is 0.509. The maximum absolute atomic E-state index is 8.73. The van der Waals surface area contributed by atoms with E-state index in [1.165, 1.54) is 6.42 Å². The normalized spacial score (nSPS) is 26.2. The molecule has 0 aromatic rings. The summed E-state index contributed by atoms with van der Waals surface area (Å²) >= 11 is 0. The second-order valence-electron chi connectivity index (χ2n) is 4.88. The van der Waals surface area contributed by atoms with Gasteiger partial charge in [-0.15, -0.1) is 0 Å². The minimum atomic E-state index is -1.13. The van der Waals surface area contributed by atoms with Gasteiger partial charge in [-0.1, -0.05) is 6.42 Å². The number of nitrogens with zero attached hydrogens (tertiary/aromatic N) is 1. The lowest BCUT2D eigenvalue weighted by atomic mass is 9.82. The molecule has 0 aliphatic carbocycles. The zero-order chi connectivity index (χ0) is 11.3. The highest BCUT2D eigenvalue weighted by atomic mass is 16.4. The second kappa shape index (κ2) is 6.48. The van der Waals surface area contributed by atoms with Crippen molar-refractivity contribution in [2.45, 2.75) is 31.6 Å². The molecular weight excluding hydrogens is 191 g/mol. The lowest BCUT2D eigenvalue weighted by Crippen LogP contribution is -2.33. The molecule has 0 bridgehead atoms. The predicted octanol–water partition coefficient (Wildman–Crippen LogP) is -0.221. The average Bonchev–Trinajstić information content (AvgIpc) is 2.50. The lowest BCUT2D eigenvalue weighted by Gasteiger charge is -2.16. The van der Waals surface area contributed by atoms with Gasteiger partial charge in [0.1, 0.15) is 0 Å². The molecule has 88 valence electrons. The fourth-order valence-electron chi connectivity index (χ4n) is 2.29. The maximum Gasteiger partial charge on any atom is 0.451 e. The van der Waals surface area contributed by atoms with Crippen LogP contribution in [0.5, 0.6) is 0 Å². The third-order valence-corrected chi connectivity index (χ3v) is 2.97. The molecule has 1 rings (SSSR count). The zero-order valence-corrected chi connectivity index (χ0v) is 9.82. The molecular formula is C10H23BN2O2. The third-order valence-electron chi connectivity index (χ3n) is 2.97. The van der Waals surface area contributed by atoms with Crippen molar-refractivity contribution in [3.63, 3.8) is 0 Å². The molecule has 4 nitrogen and oxygen atoms in total. The summed E-state index contributed by atoms with van der Waals surface area (Å²) in [5, 5.41) is 21.0. The number of likely N-dealkylation sites (N-methyl/N-ethyl adjacent to an activating group) is 1. The van der Waals surface area contributed by atoms with Gasteiger partial charge in [-0.05, 0) is 45.7 Å². The summed E-state index contributed by atoms with van der Waals surface area (Å²) in [4.78, 5) is 2.21. The fourth-order valence-corrected chi connectivity index (χ4v) is 2.29. The van der Waals surface area contributed by atoms with E-state index < -0.39 is 7.12 Å². The van der Waals surface area contributed by atoms with E-state index in [0.29, 0.717) is 18.3 Å². The van der Waals surface area contributed by atoms with Crippen molar-refractivity contribution in [3.05, 3.63) is 0 Å². The Kier molecular flexibility index (Phi) is 5.60. The first kappa shape index (κ1) is 13.0. The van der Waals surface area contributed by atoms with Crippen LogP contribution in [0.2, 0.25) is 6.32 Å². The van der Waals surface area contributed by atoms with Gasteiger partial charge in [0.2, 0.25) is 0 Å². The van der Waals surface area contributed by atoms with Crippen molar-refractivity contribution in [1.82, 2.24) is 10.2 Å². The number of nitrogens with one attached hydrogen (secondary N) is 1. The van der Waals surface area contributed by atoms with Crippen LogP contribution in [0.1, 0.15) is 19.3 Å². The van der Waals surface area contributed by atoms with Gasteiger partial charge < -0.3 is 20.3 Å². The summed E-state index contributed by atoms with van der Waals surface area (Å²) in [5.74, 6) is 0.716. The minimum Gasteiger partial charge on any atom is -0.427 e. The Morgan fingerprint density at radius 1 is 1.40 bits per heavy atom. The van der Waals surface area contributed by atoms with E-state index in [1.54, 1.807) is 0 Å². The number of rotatable bonds is 6. The zero-order valence-electron chi connectivity index (χ0n) is 9.82. The Morgan fingerprint density at radius 2 is 2.13 bits per heavy atom. The van der Waals surface area contributed by atoms with Crippen LogP contribution in [-0.4, -0.2) is 55.3 Å². The molecule has 1 fully saturated rings. The molecule has 15 heavy (non-hydrogen) atoms. The third kappa shape index (κ3) is 5.51. The first-order valence-corrected chi connectivity index (χ1v) is 5.82. The first-order chi connectivity index (χ1) is 7.08. The summed E-state index contributed by atoms with van der Waals surface area (Å²) in [6.07, 6.45) is 3.75. The molecule has 0 unspecified atom stereocenters. The summed E-state index contributed by atoms with van der Waals surface area (Å²) in [6.45, 7) is 2.18. The van der Waals surface area contributed by atoms with Crippen molar-refractivity contribution in [1.29, 1.82) is 0 Å². The van der Waals surface area contributed by atoms with Gasteiger partial charge in [-0.3, -0.25) is 0 Å². The van der Waals surface area contributed by atoms with Gasteiger partial charge in [0.05, 0.1) is 0 Å². The van der Waals surface area contributed by atoms with Crippen molar-refractivity contribution >= 4 is 7.12 Å². The summed E-state index contributed by atoms with van der Waals surface area (Å²) in [6, 6.07) is 0.615. The quantitative estimate of drug-likeness (QED) is 0.535. The van der Waals surface area contributed by atoms with Gasteiger partial charge in [0.25, 0.3) is 0 Å². The number of hydrogen-bond acceptors (Lipinski definition) is 4. The van der Waals surface area contributed by atoms with Crippen LogP contribution in [0.25, 0.3) is 0 Å². The van der Waals surface area contributed by atoms with E-state index in [4.69, 9.17) is 10.0 Å². The molecule has 1 aliphatic rings. The molecule has 3 N–H and O–H groups in total. The van der Waals surface area contributed by atoms with Gasteiger partial charge in [0.15, 0.2) is 0 Å². The van der Waals surface area contributed by atoms with Crippen molar-refractivity contribution < 1.29 is 10.0 Å². The average molecular weight is 214 g/mol. The molecule has 0 aromatic heterocycles. The molecule has 1 heterocycles. The van der Waals surface area contributed by atoms with Crippen LogP contribution in [0.4, 0.5) is 0 Å². The standard InChI is InChI=1S/C10H23BN2O2/c1-13(2)8-10-6-9(7-12-10)4-3-5-11(14)15/h9-10,12,14-15H,3-8H2,1-2H3/t9-,10+/m1/s1. The highest BCUT2D eigenvalue weighted by Crippen LogP contribution is 2.20. The lowest BCUT2D eigenvalue weighted by molar-refractivity contribution is 0.351. The van der Waals surface area contributed by atoms with Crippen molar-refractivity contribution in [3.8, 4) is 0 Å². The van der Waals surface area contributed by atoms with E-state index in [-0.39, 0.29) is 0 Å². The van der Waals surface area contributed by atoms with E-state index in [0.717, 1.165) is 25.9 Å². The molecule has 0 radical (unpaired) electrons. The number of hydrogen-bond donors (Lipinski definition) is 3. The highest BCUT2D eigenvalue weighted by Gasteiger charge is 2.24. The summed E-state index contributed by atoms with van der Waals surface area (Å²) in [7, 11) is 3.06. The summed E-state index contributed by atoms with van der Waals surface area (Å²) in [5.41, 5.74) is 0. The summed E-state index contributed by atoms with van der Waals surface area (Å²) < 4.78 is 0. The predicted molar refractivity (Wildman–Crippen MR) is 62.7 cm³/mol. The fraction of sp³-hybridized carbons (Fsp3) is 1.00. The Balaban J connectivity index is 2.08. The smallest absolute Gasteiger partial charge is 0.427 e. The molecule has 1 saturated heterocycles. The second-order valence-corrected chi connectivity index (χ2v) is 4.88. The molecule has 5 heteroatoms. The van der Waals surface area contributed by atoms with Crippen LogP contribution in [0.15, 0.2) is 0 Å². The first-order valence-electron chi connectivity index (χ1n) is 5.82. The monoisotopic (exact) mass is 214 g/mol. The largest absolute Gasteiger partial charge is 0.451 e. The maximum atomic E-state index is 8.73. The molecule has 1 aliphatic heterocycles. The Hall–Kier alpha value is -0.0951. The van der Waals surface area contributed by atoms with Gasteiger partial charge in [0, 0.05) is 12.6 Å². The van der Waals surface area contributed by atoms with Crippen LogP contribution in [-0.2, 0) is 0 Å². The topological polar surface area (TPSA) is 55.7 Å². The van der Waals surface area contributed by atoms with Gasteiger partial charge >= 0.3 is 7.12 Å². The van der Waals surface area contributed by atoms with Crippen LogP contribution >= 0.6 is 0 Å².